The number of fused-ring (bicyclic) bond motifs is 1. The molecule has 0 saturated carbocycles. The molecule has 22 heavy (non-hydrogen) atoms. The van der Waals surface area contributed by atoms with E-state index in [0.717, 1.165) is 10.9 Å². The maximum absolute atomic E-state index is 12.7. The van der Waals surface area contributed by atoms with E-state index in [1.54, 1.807) is 24.8 Å². The normalized spacial score (nSPS) is 24.4. The summed E-state index contributed by atoms with van der Waals surface area (Å²) in [6.45, 7) is 3.66. The number of carbonyl (C=O) groups is 1. The molecule has 0 unspecified atom stereocenters. The van der Waals surface area contributed by atoms with Crippen LogP contribution in [0.5, 0.6) is 0 Å². The smallest absolute Gasteiger partial charge is 0.272 e. The van der Waals surface area contributed by atoms with Gasteiger partial charge < -0.3 is 4.90 Å². The van der Waals surface area contributed by atoms with Gasteiger partial charge in [-0.2, -0.15) is 0 Å². The van der Waals surface area contributed by atoms with Crippen molar-refractivity contribution in [2.75, 3.05) is 12.3 Å². The summed E-state index contributed by atoms with van der Waals surface area (Å²) < 4.78 is 23.8. The summed E-state index contributed by atoms with van der Waals surface area (Å²) in [6, 6.07) is 10.8. The first kappa shape index (κ1) is 15.0. The van der Waals surface area contributed by atoms with Gasteiger partial charge in [0, 0.05) is 18.0 Å². The van der Waals surface area contributed by atoms with Gasteiger partial charge in [0.05, 0.1) is 16.5 Å². The molecule has 1 saturated heterocycles. The summed E-state index contributed by atoms with van der Waals surface area (Å²) in [6.07, 6.45) is 0. The van der Waals surface area contributed by atoms with Gasteiger partial charge in [-0.15, -0.1) is 0 Å². The van der Waals surface area contributed by atoms with Crippen molar-refractivity contribution in [1.29, 1.82) is 0 Å². The maximum Gasteiger partial charge on any atom is 0.272 e. The first-order chi connectivity index (χ1) is 10.4. The van der Waals surface area contributed by atoms with E-state index < -0.39 is 15.1 Å². The molecule has 2 atom stereocenters. The van der Waals surface area contributed by atoms with Gasteiger partial charge in [0.25, 0.3) is 5.91 Å². The number of para-hydroxylation sites is 1. The number of pyridine rings is 1. The molecule has 116 valence electrons. The van der Waals surface area contributed by atoms with Gasteiger partial charge in [-0.05, 0) is 26.0 Å². The van der Waals surface area contributed by atoms with E-state index in [-0.39, 0.29) is 24.2 Å². The van der Waals surface area contributed by atoms with Crippen LogP contribution in [0.15, 0.2) is 36.4 Å². The highest BCUT2D eigenvalue weighted by Crippen LogP contribution is 2.22. The van der Waals surface area contributed by atoms with Gasteiger partial charge in [0.15, 0.2) is 9.84 Å². The molecular formula is C16H18N2O3S. The lowest BCUT2D eigenvalue weighted by atomic mass is 10.1. The standard InChI is InChI=1S/C16H18N2O3S/c1-11-12(2)22(20,21)10-9-18(11)16(19)15-8-7-13-5-3-4-6-14(13)17-15/h3-8,11-12H,9-10H2,1-2H3/t11-,12-/m1/s1. The molecule has 2 aromatic rings. The molecular weight excluding hydrogens is 300 g/mol. The minimum absolute atomic E-state index is 0.0117. The van der Waals surface area contributed by atoms with Crippen LogP contribution in [0.3, 0.4) is 0 Å². The van der Waals surface area contributed by atoms with Crippen LogP contribution in [0.1, 0.15) is 24.3 Å². The van der Waals surface area contributed by atoms with Gasteiger partial charge >= 0.3 is 0 Å². The number of aromatic nitrogens is 1. The Morgan fingerprint density at radius 1 is 1.18 bits per heavy atom. The Labute approximate surface area is 129 Å². The topological polar surface area (TPSA) is 67.3 Å². The molecule has 6 heteroatoms. The van der Waals surface area contributed by atoms with Crippen molar-refractivity contribution in [3.63, 3.8) is 0 Å². The minimum atomic E-state index is -3.11. The van der Waals surface area contributed by atoms with Gasteiger partial charge in [0.2, 0.25) is 0 Å². The number of benzene rings is 1. The van der Waals surface area contributed by atoms with Crippen molar-refractivity contribution >= 4 is 26.6 Å². The van der Waals surface area contributed by atoms with E-state index in [2.05, 4.69) is 4.98 Å². The quantitative estimate of drug-likeness (QED) is 0.805. The van der Waals surface area contributed by atoms with Crippen LogP contribution in [0.25, 0.3) is 10.9 Å². The van der Waals surface area contributed by atoms with Crippen molar-refractivity contribution in [1.82, 2.24) is 9.88 Å². The number of amides is 1. The average molecular weight is 318 g/mol. The number of nitrogens with zero attached hydrogens (tertiary/aromatic N) is 2. The Bertz CT molecular complexity index is 832. The largest absolute Gasteiger partial charge is 0.332 e. The van der Waals surface area contributed by atoms with E-state index in [1.165, 1.54) is 0 Å². The summed E-state index contributed by atoms with van der Waals surface area (Å²) in [5, 5.41) is 0.423. The van der Waals surface area contributed by atoms with Crippen LogP contribution >= 0.6 is 0 Å². The van der Waals surface area contributed by atoms with Crippen molar-refractivity contribution in [2.45, 2.75) is 25.1 Å². The molecule has 1 aliphatic rings. The molecule has 5 nitrogen and oxygen atoms in total. The number of hydrogen-bond acceptors (Lipinski definition) is 4. The number of hydrogen-bond donors (Lipinski definition) is 0. The molecule has 1 aromatic carbocycles. The van der Waals surface area contributed by atoms with Crippen molar-refractivity contribution < 1.29 is 13.2 Å². The van der Waals surface area contributed by atoms with Crippen molar-refractivity contribution in [3.05, 3.63) is 42.1 Å². The number of sulfone groups is 1. The van der Waals surface area contributed by atoms with Gasteiger partial charge in [-0.3, -0.25) is 4.79 Å². The Kier molecular flexibility index (Phi) is 3.64. The third-order valence-corrected chi connectivity index (χ3v) is 6.71. The van der Waals surface area contributed by atoms with Crippen molar-refractivity contribution in [2.24, 2.45) is 0 Å². The highest BCUT2D eigenvalue weighted by Gasteiger charge is 2.38. The molecule has 0 N–H and O–H groups in total. The van der Waals surface area contributed by atoms with Crippen LogP contribution in [0.4, 0.5) is 0 Å². The minimum Gasteiger partial charge on any atom is -0.332 e. The van der Waals surface area contributed by atoms with E-state index in [1.807, 2.05) is 30.3 Å². The molecule has 0 bridgehead atoms. The van der Waals surface area contributed by atoms with E-state index in [0.29, 0.717) is 5.69 Å². The zero-order valence-electron chi connectivity index (χ0n) is 12.6. The van der Waals surface area contributed by atoms with Crippen LogP contribution in [0, 0.1) is 0 Å². The Hall–Kier alpha value is -1.95. The zero-order valence-corrected chi connectivity index (χ0v) is 13.4. The predicted octanol–water partition coefficient (Wildman–Crippen LogP) is 1.88. The second kappa shape index (κ2) is 5.35. The molecule has 1 fully saturated rings. The highest BCUT2D eigenvalue weighted by atomic mass is 32.2. The fourth-order valence-electron chi connectivity index (χ4n) is 2.79. The average Bonchev–Trinajstić information content (AvgIpc) is 2.52. The molecule has 1 amide bonds. The Balaban J connectivity index is 1.92. The zero-order chi connectivity index (χ0) is 15.9. The summed E-state index contributed by atoms with van der Waals surface area (Å²) >= 11 is 0. The Morgan fingerprint density at radius 3 is 2.68 bits per heavy atom. The van der Waals surface area contributed by atoms with Gasteiger partial charge in [-0.25, -0.2) is 13.4 Å². The molecule has 0 radical (unpaired) electrons. The molecule has 0 aliphatic carbocycles. The third kappa shape index (κ3) is 2.47. The maximum atomic E-state index is 12.7. The predicted molar refractivity (Wildman–Crippen MR) is 85.5 cm³/mol. The fourth-order valence-corrected chi connectivity index (χ4v) is 4.36. The number of rotatable bonds is 1. The lowest BCUT2D eigenvalue weighted by Crippen LogP contribution is -2.54. The van der Waals surface area contributed by atoms with Gasteiger partial charge in [0.1, 0.15) is 5.69 Å². The third-order valence-electron chi connectivity index (χ3n) is 4.43. The molecule has 1 aromatic heterocycles. The second-order valence-electron chi connectivity index (χ2n) is 5.70. The summed E-state index contributed by atoms with van der Waals surface area (Å²) in [4.78, 5) is 18.7. The number of carbonyl (C=O) groups excluding carboxylic acids is 1. The highest BCUT2D eigenvalue weighted by molar-refractivity contribution is 7.92. The summed E-state index contributed by atoms with van der Waals surface area (Å²) in [7, 11) is -3.11. The van der Waals surface area contributed by atoms with Crippen LogP contribution < -0.4 is 0 Å². The fraction of sp³-hybridized carbons (Fsp3) is 0.375. The first-order valence-corrected chi connectivity index (χ1v) is 9.00. The Morgan fingerprint density at radius 2 is 1.91 bits per heavy atom. The van der Waals surface area contributed by atoms with Crippen molar-refractivity contribution in [3.8, 4) is 0 Å². The lowest BCUT2D eigenvalue weighted by Gasteiger charge is -2.37. The molecule has 1 aliphatic heterocycles. The van der Waals surface area contributed by atoms with E-state index in [9.17, 15) is 13.2 Å². The summed E-state index contributed by atoms with van der Waals surface area (Å²) in [5.74, 6) is -0.197. The van der Waals surface area contributed by atoms with Crippen LogP contribution in [0.2, 0.25) is 0 Å². The summed E-state index contributed by atoms with van der Waals surface area (Å²) in [5.41, 5.74) is 1.12. The monoisotopic (exact) mass is 318 g/mol. The molecule has 0 spiro atoms. The SMILES string of the molecule is C[C@@H]1[C@@H](C)S(=O)(=O)CCN1C(=O)c1ccc2ccccc2n1. The lowest BCUT2D eigenvalue weighted by molar-refractivity contribution is 0.0687. The van der Waals surface area contributed by atoms with Crippen LogP contribution in [-0.2, 0) is 9.84 Å². The molecule has 2 heterocycles. The second-order valence-corrected chi connectivity index (χ2v) is 8.18. The van der Waals surface area contributed by atoms with Gasteiger partial charge in [-0.1, -0.05) is 24.3 Å². The van der Waals surface area contributed by atoms with E-state index >= 15 is 0 Å². The van der Waals surface area contributed by atoms with E-state index in [4.69, 9.17) is 0 Å². The molecule has 3 rings (SSSR count). The van der Waals surface area contributed by atoms with Crippen LogP contribution in [-0.4, -0.2) is 47.8 Å². The first-order valence-electron chi connectivity index (χ1n) is 7.28.